The van der Waals surface area contributed by atoms with Crippen LogP contribution in [0.15, 0.2) is 64.6 Å². The molecule has 0 aliphatic carbocycles. The van der Waals surface area contributed by atoms with Gasteiger partial charge in [0, 0.05) is 4.90 Å². The minimum Gasteiger partial charge on any atom is -0.445 e. The van der Waals surface area contributed by atoms with Gasteiger partial charge in [0.25, 0.3) is 0 Å². The van der Waals surface area contributed by atoms with E-state index in [2.05, 4.69) is 20.7 Å². The third-order valence-corrected chi connectivity index (χ3v) is 5.28. The normalized spacial score (nSPS) is 12.2. The van der Waals surface area contributed by atoms with E-state index in [4.69, 9.17) is 4.74 Å². The van der Waals surface area contributed by atoms with Gasteiger partial charge in [-0.15, -0.1) is 10.2 Å². The van der Waals surface area contributed by atoms with Crippen LogP contribution in [0, 0.1) is 0 Å². The van der Waals surface area contributed by atoms with Crippen LogP contribution in [0.3, 0.4) is 0 Å². The van der Waals surface area contributed by atoms with Crippen LogP contribution in [0.25, 0.3) is 0 Å². The summed E-state index contributed by atoms with van der Waals surface area (Å²) in [4.78, 5) is 26.1. The average molecular weight is 479 g/mol. The molecule has 3 aromatic rings. The van der Waals surface area contributed by atoms with Crippen molar-refractivity contribution < 1.29 is 27.5 Å². The maximum atomic E-state index is 12.7. The van der Waals surface area contributed by atoms with Gasteiger partial charge in [0.1, 0.15) is 13.2 Å². The van der Waals surface area contributed by atoms with Crippen molar-refractivity contribution in [1.82, 2.24) is 25.5 Å². The number of nitrogens with one attached hydrogen (secondary N) is 1. The number of alkyl halides is 3. The lowest BCUT2D eigenvalue weighted by Gasteiger charge is -2.15. The van der Waals surface area contributed by atoms with Crippen molar-refractivity contribution in [2.75, 3.05) is 0 Å². The Hall–Kier alpha value is -3.41. The highest BCUT2D eigenvalue weighted by Gasteiger charge is 2.30. The monoisotopic (exact) mass is 479 g/mol. The Morgan fingerprint density at radius 2 is 1.82 bits per heavy atom. The van der Waals surface area contributed by atoms with Crippen LogP contribution in [0.1, 0.15) is 24.5 Å². The van der Waals surface area contributed by atoms with Crippen molar-refractivity contribution in [3.05, 3.63) is 65.7 Å². The van der Waals surface area contributed by atoms with Gasteiger partial charge < -0.3 is 10.1 Å². The number of amides is 1. The minimum atomic E-state index is -4.41. The Morgan fingerprint density at radius 1 is 1.12 bits per heavy atom. The molecule has 0 spiro atoms. The molecule has 0 aliphatic rings. The number of aromatic nitrogens is 4. The predicted octanol–water partition coefficient (Wildman–Crippen LogP) is 4.12. The molecule has 1 N–H and O–H groups in total. The molecular formula is C21H20F3N5O3S. The van der Waals surface area contributed by atoms with Crippen molar-refractivity contribution in [1.29, 1.82) is 0 Å². The summed E-state index contributed by atoms with van der Waals surface area (Å²) in [5.41, 5.74) is 0.0615. The van der Waals surface area contributed by atoms with Crippen molar-refractivity contribution in [2.24, 2.45) is 0 Å². The van der Waals surface area contributed by atoms with Gasteiger partial charge in [-0.2, -0.15) is 18.0 Å². The fraction of sp³-hybridized carbons (Fsp3) is 0.286. The fourth-order valence-electron chi connectivity index (χ4n) is 2.72. The number of Topliss-reactive ketones (excluding diaryl/α,β-unsaturated/α-hetero) is 1. The van der Waals surface area contributed by atoms with E-state index in [1.165, 1.54) is 12.1 Å². The van der Waals surface area contributed by atoms with Gasteiger partial charge in [-0.1, -0.05) is 37.3 Å². The van der Waals surface area contributed by atoms with E-state index < -0.39 is 23.9 Å². The lowest BCUT2D eigenvalue weighted by molar-refractivity contribution is -0.137. The topological polar surface area (TPSA) is 99.0 Å². The lowest BCUT2D eigenvalue weighted by Crippen LogP contribution is -2.42. The second-order valence-electron chi connectivity index (χ2n) is 6.86. The Labute approximate surface area is 191 Å². The van der Waals surface area contributed by atoms with Crippen LogP contribution >= 0.6 is 11.8 Å². The molecule has 33 heavy (non-hydrogen) atoms. The predicted molar refractivity (Wildman–Crippen MR) is 112 cm³/mol. The maximum absolute atomic E-state index is 12.7. The van der Waals surface area contributed by atoms with Crippen LogP contribution < -0.4 is 5.32 Å². The molecule has 1 atom stereocenters. The molecule has 0 saturated heterocycles. The summed E-state index contributed by atoms with van der Waals surface area (Å²) in [6.45, 7) is 1.57. The highest BCUT2D eigenvalue weighted by Crippen LogP contribution is 2.31. The van der Waals surface area contributed by atoms with E-state index in [0.29, 0.717) is 11.3 Å². The standard InChI is InChI=1S/C21H20F3N5O3S/c1-2-17(25-20(31)32-13-14-6-4-3-5-7-14)18(30)12-29-27-19(26-28-29)33-16-10-8-15(9-11-16)21(22,23)24/h3-11,17H,2,12-13H2,1H3,(H,25,31). The lowest BCUT2D eigenvalue weighted by atomic mass is 10.1. The number of ketones is 1. The molecule has 12 heteroatoms. The molecule has 0 aliphatic heterocycles. The molecule has 1 amide bonds. The zero-order chi connectivity index (χ0) is 23.8. The zero-order valence-corrected chi connectivity index (χ0v) is 18.3. The van der Waals surface area contributed by atoms with E-state index in [1.54, 1.807) is 6.92 Å². The SMILES string of the molecule is CCC(NC(=O)OCc1ccccc1)C(=O)Cn1nnc(Sc2ccc(C(F)(F)F)cc2)n1. The Bertz CT molecular complexity index is 1070. The smallest absolute Gasteiger partial charge is 0.416 e. The summed E-state index contributed by atoms with van der Waals surface area (Å²) in [6, 6.07) is 12.9. The molecular weight excluding hydrogens is 459 g/mol. The minimum absolute atomic E-state index is 0.0759. The van der Waals surface area contributed by atoms with Crippen LogP contribution in [0.4, 0.5) is 18.0 Å². The van der Waals surface area contributed by atoms with Gasteiger partial charge in [0.2, 0.25) is 5.16 Å². The number of halogens is 3. The number of rotatable bonds is 9. The number of alkyl carbamates (subject to hydrolysis) is 1. The third kappa shape index (κ3) is 7.31. The number of benzene rings is 2. The first kappa shape index (κ1) is 24.2. The number of carbonyl (C=O) groups is 2. The number of nitrogens with zero attached hydrogens (tertiary/aromatic N) is 4. The van der Waals surface area contributed by atoms with Crippen LogP contribution in [0.5, 0.6) is 0 Å². The van der Waals surface area contributed by atoms with Gasteiger partial charge in [-0.3, -0.25) is 4.79 Å². The summed E-state index contributed by atoms with van der Waals surface area (Å²) in [7, 11) is 0. The number of ether oxygens (including phenoxy) is 1. The number of carbonyl (C=O) groups excluding carboxylic acids is 2. The van der Waals surface area contributed by atoms with E-state index in [-0.39, 0.29) is 24.1 Å². The van der Waals surface area contributed by atoms with Gasteiger partial charge in [0.15, 0.2) is 5.78 Å². The fourth-order valence-corrected chi connectivity index (χ4v) is 3.42. The average Bonchev–Trinajstić information content (AvgIpc) is 3.23. The van der Waals surface area contributed by atoms with Gasteiger partial charge in [-0.25, -0.2) is 4.79 Å². The molecule has 3 rings (SSSR count). The molecule has 2 aromatic carbocycles. The molecule has 0 bridgehead atoms. The largest absolute Gasteiger partial charge is 0.445 e. The van der Waals surface area contributed by atoms with E-state index in [1.807, 2.05) is 30.3 Å². The first-order valence-electron chi connectivity index (χ1n) is 9.87. The second-order valence-corrected chi connectivity index (χ2v) is 7.90. The highest BCUT2D eigenvalue weighted by atomic mass is 32.2. The first-order valence-corrected chi connectivity index (χ1v) is 10.7. The van der Waals surface area contributed by atoms with Gasteiger partial charge in [0.05, 0.1) is 11.6 Å². The number of tetrazole rings is 1. The molecule has 8 nitrogen and oxygen atoms in total. The van der Waals surface area contributed by atoms with E-state index in [0.717, 1.165) is 34.3 Å². The van der Waals surface area contributed by atoms with Gasteiger partial charge >= 0.3 is 12.3 Å². The Balaban J connectivity index is 1.51. The summed E-state index contributed by atoms with van der Waals surface area (Å²) < 4.78 is 43.1. The number of hydrogen-bond acceptors (Lipinski definition) is 7. The number of hydrogen-bond donors (Lipinski definition) is 1. The Kier molecular flexibility index (Phi) is 8.04. The van der Waals surface area contributed by atoms with Crippen molar-refractivity contribution in [3.8, 4) is 0 Å². The van der Waals surface area contributed by atoms with Crippen molar-refractivity contribution >= 4 is 23.6 Å². The highest BCUT2D eigenvalue weighted by molar-refractivity contribution is 7.99. The molecule has 0 fully saturated rings. The molecule has 1 aromatic heterocycles. The van der Waals surface area contributed by atoms with Crippen molar-refractivity contribution in [3.63, 3.8) is 0 Å². The van der Waals surface area contributed by atoms with Crippen LogP contribution in [0.2, 0.25) is 0 Å². The van der Waals surface area contributed by atoms with Crippen LogP contribution in [-0.4, -0.2) is 38.1 Å². The van der Waals surface area contributed by atoms with Crippen molar-refractivity contribution in [2.45, 2.75) is 48.8 Å². The third-order valence-electron chi connectivity index (χ3n) is 4.42. The van der Waals surface area contributed by atoms with E-state index in [9.17, 15) is 22.8 Å². The van der Waals surface area contributed by atoms with Gasteiger partial charge in [-0.05, 0) is 53.2 Å². The molecule has 1 unspecified atom stereocenters. The summed E-state index contributed by atoms with van der Waals surface area (Å²) in [5, 5.41) is 14.3. The maximum Gasteiger partial charge on any atom is 0.416 e. The summed E-state index contributed by atoms with van der Waals surface area (Å²) >= 11 is 1.01. The molecule has 0 radical (unpaired) electrons. The first-order chi connectivity index (χ1) is 15.7. The molecule has 0 saturated carbocycles. The quantitative estimate of drug-likeness (QED) is 0.493. The second kappa shape index (κ2) is 10.9. The Morgan fingerprint density at radius 3 is 2.45 bits per heavy atom. The van der Waals surface area contributed by atoms with E-state index >= 15 is 0 Å². The summed E-state index contributed by atoms with van der Waals surface area (Å²) in [5.74, 6) is -0.349. The summed E-state index contributed by atoms with van der Waals surface area (Å²) in [6.07, 6.45) is -4.80. The zero-order valence-electron chi connectivity index (χ0n) is 17.5. The van der Waals surface area contributed by atoms with Crippen LogP contribution in [-0.2, 0) is 28.9 Å². The molecule has 174 valence electrons. The molecule has 1 heterocycles.